The molecule has 1 atom stereocenters. The molecule has 1 unspecified atom stereocenters. The van der Waals surface area contributed by atoms with Gasteiger partial charge in [-0.3, -0.25) is 9.48 Å². The van der Waals surface area contributed by atoms with Crippen molar-refractivity contribution < 1.29 is 9.32 Å². The zero-order chi connectivity index (χ0) is 16.4. The highest BCUT2D eigenvalue weighted by atomic mass is 16.5. The van der Waals surface area contributed by atoms with Crippen molar-refractivity contribution in [2.45, 2.75) is 59.0 Å². The van der Waals surface area contributed by atoms with Gasteiger partial charge in [-0.2, -0.15) is 10.1 Å². The van der Waals surface area contributed by atoms with Crippen LogP contribution in [0.3, 0.4) is 0 Å². The molecule has 1 aliphatic heterocycles. The minimum absolute atomic E-state index is 0.0491. The third-order valence-electron chi connectivity index (χ3n) is 4.30. The molecule has 0 N–H and O–H groups in total. The van der Waals surface area contributed by atoms with E-state index in [1.807, 2.05) is 36.4 Å². The Hall–Kier alpha value is -2.18. The molecule has 3 rings (SSSR count). The molecule has 2 aromatic heterocycles. The molecule has 1 fully saturated rings. The number of aryl methyl sites for hydroxylation is 4. The van der Waals surface area contributed by atoms with E-state index in [1.54, 1.807) is 0 Å². The Morgan fingerprint density at radius 2 is 2.26 bits per heavy atom. The van der Waals surface area contributed by atoms with Crippen LogP contribution in [0.1, 0.15) is 55.3 Å². The van der Waals surface area contributed by atoms with Gasteiger partial charge in [0.15, 0.2) is 5.82 Å². The van der Waals surface area contributed by atoms with Crippen molar-refractivity contribution >= 4 is 5.91 Å². The van der Waals surface area contributed by atoms with E-state index in [9.17, 15) is 4.79 Å². The Morgan fingerprint density at radius 3 is 2.91 bits per heavy atom. The van der Waals surface area contributed by atoms with E-state index < -0.39 is 0 Å². The van der Waals surface area contributed by atoms with Gasteiger partial charge in [-0.05, 0) is 32.8 Å². The first kappa shape index (κ1) is 15.7. The van der Waals surface area contributed by atoms with Gasteiger partial charge in [-0.1, -0.05) is 12.1 Å². The Labute approximate surface area is 135 Å². The predicted octanol–water partition coefficient (Wildman–Crippen LogP) is 2.20. The van der Waals surface area contributed by atoms with Crippen LogP contribution in [0.25, 0.3) is 0 Å². The van der Waals surface area contributed by atoms with Crippen molar-refractivity contribution in [2.24, 2.45) is 0 Å². The average molecular weight is 317 g/mol. The van der Waals surface area contributed by atoms with Gasteiger partial charge in [0.25, 0.3) is 0 Å². The van der Waals surface area contributed by atoms with E-state index in [0.717, 1.165) is 30.8 Å². The monoisotopic (exact) mass is 317 g/mol. The first-order valence-electron chi connectivity index (χ1n) is 8.21. The van der Waals surface area contributed by atoms with Crippen molar-refractivity contribution in [1.82, 2.24) is 24.8 Å². The molecule has 0 saturated carbocycles. The van der Waals surface area contributed by atoms with Crippen LogP contribution in [0.15, 0.2) is 10.6 Å². The highest BCUT2D eigenvalue weighted by Crippen LogP contribution is 2.30. The first-order valence-corrected chi connectivity index (χ1v) is 8.21. The van der Waals surface area contributed by atoms with E-state index in [2.05, 4.69) is 15.2 Å². The molecule has 7 heteroatoms. The van der Waals surface area contributed by atoms with Crippen LogP contribution in [0.5, 0.6) is 0 Å². The molecule has 0 aromatic carbocycles. The quantitative estimate of drug-likeness (QED) is 0.845. The standard InChI is InChI=1S/C16H23N5O2/c1-4-14-17-16(19-23-14)13-6-5-8-20(13)15(22)7-9-21-12(3)10-11(2)18-21/h10,13H,4-9H2,1-3H3. The Kier molecular flexibility index (Phi) is 4.45. The molecule has 0 aliphatic carbocycles. The van der Waals surface area contributed by atoms with Crippen molar-refractivity contribution in [3.05, 3.63) is 29.2 Å². The molecule has 7 nitrogen and oxygen atoms in total. The number of carbonyl (C=O) groups is 1. The topological polar surface area (TPSA) is 77.1 Å². The van der Waals surface area contributed by atoms with Crippen LogP contribution in [-0.4, -0.2) is 37.3 Å². The van der Waals surface area contributed by atoms with Crippen LogP contribution in [0, 0.1) is 13.8 Å². The molecule has 124 valence electrons. The number of hydrogen-bond donors (Lipinski definition) is 0. The second-order valence-electron chi connectivity index (χ2n) is 6.05. The lowest BCUT2D eigenvalue weighted by Gasteiger charge is -2.22. The molecule has 1 amide bonds. The summed E-state index contributed by atoms with van der Waals surface area (Å²) in [6.07, 6.45) is 3.03. The van der Waals surface area contributed by atoms with E-state index in [0.29, 0.717) is 31.1 Å². The minimum atomic E-state index is -0.0491. The zero-order valence-electron chi connectivity index (χ0n) is 13.9. The lowest BCUT2D eigenvalue weighted by atomic mass is 10.2. The summed E-state index contributed by atoms with van der Waals surface area (Å²) in [4.78, 5) is 18.9. The maximum Gasteiger partial charge on any atom is 0.226 e. The van der Waals surface area contributed by atoms with Gasteiger partial charge in [-0.15, -0.1) is 0 Å². The van der Waals surface area contributed by atoms with Crippen LogP contribution in [-0.2, 0) is 17.8 Å². The second-order valence-corrected chi connectivity index (χ2v) is 6.05. The number of aromatic nitrogens is 4. The van der Waals surface area contributed by atoms with Crippen molar-refractivity contribution in [2.75, 3.05) is 6.54 Å². The number of rotatable bonds is 5. The molecular formula is C16H23N5O2. The SMILES string of the molecule is CCc1nc(C2CCCN2C(=O)CCn2nc(C)cc2C)no1. The molecule has 3 heterocycles. The third-order valence-corrected chi connectivity index (χ3v) is 4.30. The van der Waals surface area contributed by atoms with Crippen molar-refractivity contribution in [3.63, 3.8) is 0 Å². The Balaban J connectivity index is 1.65. The van der Waals surface area contributed by atoms with E-state index >= 15 is 0 Å². The summed E-state index contributed by atoms with van der Waals surface area (Å²) in [7, 11) is 0. The maximum atomic E-state index is 12.6. The maximum absolute atomic E-state index is 12.6. The molecule has 0 spiro atoms. The van der Waals surface area contributed by atoms with Gasteiger partial charge in [0, 0.05) is 31.6 Å². The summed E-state index contributed by atoms with van der Waals surface area (Å²) >= 11 is 0. The fourth-order valence-electron chi connectivity index (χ4n) is 3.13. The van der Waals surface area contributed by atoms with Crippen LogP contribution in [0.2, 0.25) is 0 Å². The predicted molar refractivity (Wildman–Crippen MR) is 83.7 cm³/mol. The highest BCUT2D eigenvalue weighted by Gasteiger charge is 2.33. The summed E-state index contributed by atoms with van der Waals surface area (Å²) in [5.74, 6) is 1.39. The Morgan fingerprint density at radius 1 is 1.43 bits per heavy atom. The van der Waals surface area contributed by atoms with Gasteiger partial charge >= 0.3 is 0 Å². The van der Waals surface area contributed by atoms with Gasteiger partial charge in [0.05, 0.1) is 11.7 Å². The van der Waals surface area contributed by atoms with Crippen LogP contribution < -0.4 is 0 Å². The van der Waals surface area contributed by atoms with Gasteiger partial charge in [-0.25, -0.2) is 0 Å². The lowest BCUT2D eigenvalue weighted by molar-refractivity contribution is -0.132. The van der Waals surface area contributed by atoms with Gasteiger partial charge in [0.2, 0.25) is 11.8 Å². The molecule has 23 heavy (non-hydrogen) atoms. The fourth-order valence-corrected chi connectivity index (χ4v) is 3.13. The second kappa shape index (κ2) is 6.52. The van der Waals surface area contributed by atoms with Crippen molar-refractivity contribution in [1.29, 1.82) is 0 Å². The third kappa shape index (κ3) is 3.28. The number of hydrogen-bond acceptors (Lipinski definition) is 5. The number of nitrogens with zero attached hydrogens (tertiary/aromatic N) is 5. The summed E-state index contributed by atoms with van der Waals surface area (Å²) in [5, 5.41) is 8.45. The number of likely N-dealkylation sites (tertiary alicyclic amines) is 1. The van der Waals surface area contributed by atoms with Crippen molar-refractivity contribution in [3.8, 4) is 0 Å². The molecule has 1 saturated heterocycles. The van der Waals surface area contributed by atoms with E-state index in [1.165, 1.54) is 0 Å². The van der Waals surface area contributed by atoms with E-state index in [4.69, 9.17) is 4.52 Å². The van der Waals surface area contributed by atoms with Crippen LogP contribution in [0.4, 0.5) is 0 Å². The minimum Gasteiger partial charge on any atom is -0.339 e. The molecular weight excluding hydrogens is 294 g/mol. The molecule has 0 radical (unpaired) electrons. The summed E-state index contributed by atoms with van der Waals surface area (Å²) in [6, 6.07) is 1.97. The summed E-state index contributed by atoms with van der Waals surface area (Å²) < 4.78 is 7.08. The normalized spacial score (nSPS) is 17.9. The summed E-state index contributed by atoms with van der Waals surface area (Å²) in [6.45, 7) is 7.31. The Bertz CT molecular complexity index is 690. The molecule has 2 aromatic rings. The summed E-state index contributed by atoms with van der Waals surface area (Å²) in [5.41, 5.74) is 2.06. The van der Waals surface area contributed by atoms with Gasteiger partial charge in [0.1, 0.15) is 0 Å². The number of amides is 1. The smallest absolute Gasteiger partial charge is 0.226 e. The van der Waals surface area contributed by atoms with E-state index in [-0.39, 0.29) is 11.9 Å². The zero-order valence-corrected chi connectivity index (χ0v) is 13.9. The number of carbonyl (C=O) groups excluding carboxylic acids is 1. The molecule has 1 aliphatic rings. The lowest BCUT2D eigenvalue weighted by Crippen LogP contribution is -2.31. The fraction of sp³-hybridized carbons (Fsp3) is 0.625. The molecule has 0 bridgehead atoms. The average Bonchev–Trinajstić information content (AvgIpc) is 3.23. The van der Waals surface area contributed by atoms with Crippen LogP contribution >= 0.6 is 0 Å². The van der Waals surface area contributed by atoms with Gasteiger partial charge < -0.3 is 9.42 Å². The first-order chi connectivity index (χ1) is 11.1. The highest BCUT2D eigenvalue weighted by molar-refractivity contribution is 5.76. The largest absolute Gasteiger partial charge is 0.339 e.